The van der Waals surface area contributed by atoms with Crippen LogP contribution in [0.2, 0.25) is 0 Å². The van der Waals surface area contributed by atoms with Crippen LogP contribution in [-0.4, -0.2) is 45.3 Å². The van der Waals surface area contributed by atoms with Crippen molar-refractivity contribution in [1.82, 2.24) is 19.4 Å². The van der Waals surface area contributed by atoms with Gasteiger partial charge in [-0.1, -0.05) is 24.3 Å². The van der Waals surface area contributed by atoms with E-state index in [0.29, 0.717) is 12.4 Å². The number of likely N-dealkylation sites (tertiary alicyclic amines) is 1. The maximum absolute atomic E-state index is 13.6. The first-order chi connectivity index (χ1) is 20.6. The lowest BCUT2D eigenvalue weighted by Gasteiger charge is -2.14. The normalized spacial score (nSPS) is 14.7. The molecule has 1 aliphatic heterocycles. The first kappa shape index (κ1) is 27.6. The van der Waals surface area contributed by atoms with Gasteiger partial charge in [0, 0.05) is 53.9 Å². The second-order valence-corrected chi connectivity index (χ2v) is 10.9. The van der Waals surface area contributed by atoms with Crippen molar-refractivity contribution < 1.29 is 4.39 Å². The van der Waals surface area contributed by atoms with Gasteiger partial charge in [-0.2, -0.15) is 0 Å². The summed E-state index contributed by atoms with van der Waals surface area (Å²) in [5, 5.41) is 16.6. The molecule has 2 aromatic carbocycles. The molecule has 8 heteroatoms. The van der Waals surface area contributed by atoms with Crippen molar-refractivity contribution in [1.29, 1.82) is 5.41 Å². The highest BCUT2D eigenvalue weighted by molar-refractivity contribution is 5.91. The first-order valence-electron chi connectivity index (χ1n) is 14.7. The molecule has 0 spiro atoms. The zero-order valence-corrected chi connectivity index (χ0v) is 23.7. The van der Waals surface area contributed by atoms with Gasteiger partial charge in [-0.15, -0.1) is 0 Å². The number of nitrogens with one attached hydrogen (secondary N) is 3. The van der Waals surface area contributed by atoms with Gasteiger partial charge in [0.2, 0.25) is 0 Å². The third-order valence-corrected chi connectivity index (χ3v) is 7.88. The molecule has 0 saturated carbocycles. The number of aryl methyl sites for hydroxylation is 1. The molecule has 214 valence electrons. The fraction of sp³-hybridized carbons (Fsp3) is 0.265. The minimum absolute atomic E-state index is 0.261. The van der Waals surface area contributed by atoms with Gasteiger partial charge in [0.25, 0.3) is 0 Å². The molecule has 1 fully saturated rings. The molecular weight excluding hydrogens is 525 g/mol. The summed E-state index contributed by atoms with van der Waals surface area (Å²) in [6, 6.07) is 14.5. The molecule has 7 nitrogen and oxygen atoms in total. The van der Waals surface area contributed by atoms with E-state index in [1.807, 2.05) is 24.3 Å². The minimum Gasteiger partial charge on any atom is -0.380 e. The van der Waals surface area contributed by atoms with E-state index in [-0.39, 0.29) is 5.82 Å². The van der Waals surface area contributed by atoms with Crippen molar-refractivity contribution in [2.24, 2.45) is 0 Å². The highest BCUT2D eigenvalue weighted by Crippen LogP contribution is 2.23. The zero-order chi connectivity index (χ0) is 28.7. The highest BCUT2D eigenvalue weighted by atomic mass is 19.1. The van der Waals surface area contributed by atoms with Gasteiger partial charge in [0.15, 0.2) is 0 Å². The molecule has 2 aromatic heterocycles. The van der Waals surface area contributed by atoms with Gasteiger partial charge < -0.3 is 25.5 Å². The van der Waals surface area contributed by atoms with Crippen LogP contribution in [0.1, 0.15) is 42.4 Å². The van der Waals surface area contributed by atoms with Crippen LogP contribution in [-0.2, 0) is 13.1 Å². The van der Waals surface area contributed by atoms with E-state index in [2.05, 4.69) is 66.8 Å². The van der Waals surface area contributed by atoms with Crippen LogP contribution < -0.4 is 21.2 Å². The molecule has 1 aliphatic carbocycles. The summed E-state index contributed by atoms with van der Waals surface area (Å²) in [6.45, 7) is 5.14. The summed E-state index contributed by atoms with van der Waals surface area (Å²) >= 11 is 0. The van der Waals surface area contributed by atoms with Crippen LogP contribution in [0.4, 0.5) is 21.6 Å². The average molecular weight is 562 g/mol. The molecule has 6 rings (SSSR count). The molecule has 3 heterocycles. The molecule has 0 atom stereocenters. The van der Waals surface area contributed by atoms with Crippen LogP contribution in [0.5, 0.6) is 0 Å². The second-order valence-electron chi connectivity index (χ2n) is 10.9. The zero-order valence-electron chi connectivity index (χ0n) is 23.7. The Balaban J connectivity index is 1.18. The summed E-state index contributed by atoms with van der Waals surface area (Å²) in [6.07, 6.45) is 18.5. The van der Waals surface area contributed by atoms with E-state index in [1.54, 1.807) is 12.4 Å². The molecular formula is C34H36FN7. The fourth-order valence-electron chi connectivity index (χ4n) is 5.66. The van der Waals surface area contributed by atoms with Crippen LogP contribution in [0, 0.1) is 11.2 Å². The number of hydrogen-bond donors (Lipinski definition) is 3. The smallest absolute Gasteiger partial charge is 0.141 e. The second kappa shape index (κ2) is 13.0. The van der Waals surface area contributed by atoms with Crippen molar-refractivity contribution in [2.75, 3.05) is 30.3 Å². The summed E-state index contributed by atoms with van der Waals surface area (Å²) in [7, 11) is 0. The van der Waals surface area contributed by atoms with Crippen molar-refractivity contribution in [3.63, 3.8) is 0 Å². The number of halogens is 1. The van der Waals surface area contributed by atoms with Crippen molar-refractivity contribution in [2.45, 2.75) is 38.8 Å². The Morgan fingerprint density at radius 2 is 1.90 bits per heavy atom. The van der Waals surface area contributed by atoms with E-state index in [4.69, 9.17) is 5.41 Å². The molecule has 42 heavy (non-hydrogen) atoms. The molecule has 1 saturated heterocycles. The van der Waals surface area contributed by atoms with E-state index in [9.17, 15) is 4.39 Å². The standard InChI is InChI=1S/C34H36FN7/c35-29-8-3-6-25(18-29)22-37-32-11-10-30(19-28(32)21-36)40-34-31-20-26(7-4-9-33(31)38-24-39-34)27-12-17-42(23-27)16-5-15-41-13-1-2-14-41/h3,6-12,17-21,23-24,36-37H,1-2,4-5,13-16,22H2,(H,38,39,40). The number of rotatable bonds is 11. The van der Waals surface area contributed by atoms with E-state index in [1.165, 1.54) is 56.4 Å². The van der Waals surface area contributed by atoms with Crippen molar-refractivity contribution >= 4 is 41.1 Å². The molecule has 2 aliphatic rings. The molecule has 0 amide bonds. The maximum Gasteiger partial charge on any atom is 0.141 e. The topological polar surface area (TPSA) is 81.9 Å². The minimum atomic E-state index is -0.261. The predicted molar refractivity (Wildman–Crippen MR) is 169 cm³/mol. The quantitative estimate of drug-likeness (QED) is 0.217. The third kappa shape index (κ3) is 6.66. The van der Waals surface area contributed by atoms with Gasteiger partial charge in [-0.05, 0) is 104 Å². The Bertz CT molecular complexity index is 1720. The number of nitrogens with zero attached hydrogens (tertiary/aromatic N) is 4. The Hall–Kier alpha value is -4.56. The molecule has 3 N–H and O–H groups in total. The van der Waals surface area contributed by atoms with Gasteiger partial charge in [0.05, 0.1) is 5.35 Å². The van der Waals surface area contributed by atoms with E-state index < -0.39 is 0 Å². The largest absolute Gasteiger partial charge is 0.380 e. The number of hydrogen-bond acceptors (Lipinski definition) is 6. The van der Waals surface area contributed by atoms with Gasteiger partial charge in [-0.3, -0.25) is 0 Å². The Morgan fingerprint density at radius 3 is 2.76 bits per heavy atom. The monoisotopic (exact) mass is 561 g/mol. The molecule has 4 aromatic rings. The highest BCUT2D eigenvalue weighted by Gasteiger charge is 2.12. The average Bonchev–Trinajstić information content (AvgIpc) is 3.65. The molecule has 0 unspecified atom stereocenters. The lowest BCUT2D eigenvalue weighted by Crippen LogP contribution is -2.31. The van der Waals surface area contributed by atoms with E-state index >= 15 is 0 Å². The summed E-state index contributed by atoms with van der Waals surface area (Å²) in [4.78, 5) is 11.7. The summed E-state index contributed by atoms with van der Waals surface area (Å²) in [5.74, 6) is 0.452. The number of anilines is 3. The van der Waals surface area contributed by atoms with Crippen LogP contribution in [0.15, 0.2) is 73.3 Å². The Morgan fingerprint density at radius 1 is 1.00 bits per heavy atom. The fourth-order valence-corrected chi connectivity index (χ4v) is 5.66. The van der Waals surface area contributed by atoms with Crippen molar-refractivity contribution in [3.05, 3.63) is 106 Å². The van der Waals surface area contributed by atoms with Crippen LogP contribution >= 0.6 is 0 Å². The number of benzene rings is 2. The number of allylic oxidation sites excluding steroid dienone is 2. The number of aromatic nitrogens is 3. The Kier molecular flexibility index (Phi) is 8.51. The van der Waals surface area contributed by atoms with Gasteiger partial charge in [-0.25, -0.2) is 14.4 Å². The van der Waals surface area contributed by atoms with Gasteiger partial charge >= 0.3 is 0 Å². The SMILES string of the molecule is N=Cc1cc(Nc2ncnc3c2=CC(c2ccn(CCCN4CCCC4)c2)=CCC=3)ccc1NCc1cccc(F)c1. The maximum atomic E-state index is 13.6. The van der Waals surface area contributed by atoms with Gasteiger partial charge in [0.1, 0.15) is 18.0 Å². The van der Waals surface area contributed by atoms with Crippen LogP contribution in [0.3, 0.4) is 0 Å². The van der Waals surface area contributed by atoms with Crippen LogP contribution in [0.25, 0.3) is 17.7 Å². The summed E-state index contributed by atoms with van der Waals surface area (Å²) < 4.78 is 15.9. The third-order valence-electron chi connectivity index (χ3n) is 7.88. The predicted octanol–water partition coefficient (Wildman–Crippen LogP) is 5.30. The molecule has 0 radical (unpaired) electrons. The Labute approximate surface area is 245 Å². The van der Waals surface area contributed by atoms with E-state index in [0.717, 1.165) is 58.0 Å². The first-order valence-corrected chi connectivity index (χ1v) is 14.7. The number of fused-ring (bicyclic) bond motifs is 1. The molecule has 0 bridgehead atoms. The van der Waals surface area contributed by atoms with Crippen molar-refractivity contribution in [3.8, 4) is 0 Å². The lowest BCUT2D eigenvalue weighted by atomic mass is 10.1. The lowest BCUT2D eigenvalue weighted by molar-refractivity contribution is 0.325. The summed E-state index contributed by atoms with van der Waals surface area (Å²) in [5.41, 5.74) is 5.52.